The largest absolute Gasteiger partial charge is 0.465 e. The fraction of sp³-hybridized carbons (Fsp3) is 0.400. The Balaban J connectivity index is 2.60. The number of nitrogens with zero attached hydrogens (tertiary/aromatic N) is 1. The maximum atomic E-state index is 11.7. The second kappa shape index (κ2) is 6.63. The van der Waals surface area contributed by atoms with E-state index in [4.69, 9.17) is 0 Å². The molecule has 1 N–H and O–H groups in total. The molecule has 0 saturated heterocycles. The van der Waals surface area contributed by atoms with Gasteiger partial charge in [0.15, 0.2) is 0 Å². The van der Waals surface area contributed by atoms with Crippen molar-refractivity contribution in [3.8, 4) is 0 Å². The molecule has 4 heteroatoms. The van der Waals surface area contributed by atoms with Gasteiger partial charge in [-0.1, -0.05) is 31.2 Å². The number of carboxylic acid groups (broad SMARTS) is 1. The van der Waals surface area contributed by atoms with Crippen molar-refractivity contribution in [1.29, 1.82) is 0 Å². The van der Waals surface area contributed by atoms with E-state index in [-0.39, 0.29) is 0 Å². The number of rotatable bonds is 4. The van der Waals surface area contributed by atoms with Gasteiger partial charge in [-0.2, -0.15) is 0 Å². The minimum atomic E-state index is -1.10. The Morgan fingerprint density at radius 1 is 1.25 bits per heavy atom. The standard InChI is InChI=1S/C20H25NO3/c1-6-14-9-13(2)17-8-7-15(11-16(17)10-14)18(12-22)21(19(23)24)20(3,4)5/h7-12,18H,6H2,1-5H3,(H,23,24). The first-order valence-corrected chi connectivity index (χ1v) is 8.19. The van der Waals surface area contributed by atoms with Gasteiger partial charge in [0.1, 0.15) is 12.3 Å². The molecule has 4 nitrogen and oxygen atoms in total. The van der Waals surface area contributed by atoms with Gasteiger partial charge in [0.2, 0.25) is 0 Å². The van der Waals surface area contributed by atoms with Crippen LogP contribution in [0.3, 0.4) is 0 Å². The monoisotopic (exact) mass is 327 g/mol. The summed E-state index contributed by atoms with van der Waals surface area (Å²) in [4.78, 5) is 24.6. The summed E-state index contributed by atoms with van der Waals surface area (Å²) in [7, 11) is 0. The molecular formula is C20H25NO3. The number of hydrogen-bond acceptors (Lipinski definition) is 2. The average Bonchev–Trinajstić information content (AvgIpc) is 2.49. The van der Waals surface area contributed by atoms with Crippen molar-refractivity contribution in [3.63, 3.8) is 0 Å². The van der Waals surface area contributed by atoms with E-state index >= 15 is 0 Å². The van der Waals surface area contributed by atoms with E-state index < -0.39 is 17.7 Å². The topological polar surface area (TPSA) is 57.6 Å². The van der Waals surface area contributed by atoms with E-state index in [9.17, 15) is 14.7 Å². The number of aryl methyl sites for hydroxylation is 2. The van der Waals surface area contributed by atoms with Crippen molar-refractivity contribution in [1.82, 2.24) is 4.90 Å². The Labute approximate surface area is 143 Å². The Kier molecular flexibility index (Phi) is 4.97. The minimum absolute atomic E-state index is 0.673. The van der Waals surface area contributed by atoms with Crippen LogP contribution in [0.4, 0.5) is 4.79 Å². The molecule has 0 radical (unpaired) electrons. The second-order valence-electron chi connectivity index (χ2n) is 7.15. The van der Waals surface area contributed by atoms with Crippen molar-refractivity contribution in [2.75, 3.05) is 0 Å². The minimum Gasteiger partial charge on any atom is -0.465 e. The lowest BCUT2D eigenvalue weighted by atomic mass is 9.94. The van der Waals surface area contributed by atoms with Crippen LogP contribution in [-0.4, -0.2) is 27.9 Å². The smallest absolute Gasteiger partial charge is 0.408 e. The van der Waals surface area contributed by atoms with Crippen molar-refractivity contribution < 1.29 is 14.7 Å². The Bertz CT molecular complexity index is 774. The van der Waals surface area contributed by atoms with Gasteiger partial charge in [-0.15, -0.1) is 0 Å². The Morgan fingerprint density at radius 3 is 2.42 bits per heavy atom. The number of amides is 1. The van der Waals surface area contributed by atoms with Crippen LogP contribution in [0.15, 0.2) is 30.3 Å². The first kappa shape index (κ1) is 18.0. The van der Waals surface area contributed by atoms with Crippen LogP contribution in [-0.2, 0) is 11.2 Å². The summed E-state index contributed by atoms with van der Waals surface area (Å²) in [5.74, 6) is 0. The maximum Gasteiger partial charge on any atom is 0.408 e. The molecule has 2 rings (SSSR count). The summed E-state index contributed by atoms with van der Waals surface area (Å²) in [6.07, 6.45) is 0.538. The number of carbonyl (C=O) groups excluding carboxylic acids is 1. The first-order chi connectivity index (χ1) is 11.2. The molecule has 24 heavy (non-hydrogen) atoms. The highest BCUT2D eigenvalue weighted by Crippen LogP contribution is 2.30. The SMILES string of the molecule is CCc1cc(C)c2ccc(C(C=O)N(C(=O)O)C(C)(C)C)cc2c1. The normalized spacial score (nSPS) is 12.9. The van der Waals surface area contributed by atoms with Crippen LogP contribution in [0.5, 0.6) is 0 Å². The van der Waals surface area contributed by atoms with Crippen molar-refractivity contribution in [3.05, 3.63) is 47.0 Å². The zero-order valence-corrected chi connectivity index (χ0v) is 15.0. The van der Waals surface area contributed by atoms with Gasteiger partial charge in [0, 0.05) is 5.54 Å². The third-order valence-corrected chi connectivity index (χ3v) is 4.33. The maximum absolute atomic E-state index is 11.7. The van der Waals surface area contributed by atoms with Crippen LogP contribution in [0.2, 0.25) is 0 Å². The quantitative estimate of drug-likeness (QED) is 0.826. The zero-order valence-electron chi connectivity index (χ0n) is 15.0. The average molecular weight is 327 g/mol. The molecule has 128 valence electrons. The van der Waals surface area contributed by atoms with Crippen LogP contribution < -0.4 is 0 Å². The van der Waals surface area contributed by atoms with E-state index in [0.29, 0.717) is 11.8 Å². The third kappa shape index (κ3) is 3.42. The highest BCUT2D eigenvalue weighted by molar-refractivity contribution is 5.88. The lowest BCUT2D eigenvalue weighted by Crippen LogP contribution is -2.47. The van der Waals surface area contributed by atoms with Gasteiger partial charge in [0.05, 0.1) is 0 Å². The summed E-state index contributed by atoms with van der Waals surface area (Å²) < 4.78 is 0. The molecule has 1 atom stereocenters. The van der Waals surface area contributed by atoms with E-state index in [1.807, 2.05) is 18.2 Å². The zero-order chi connectivity index (χ0) is 18.1. The van der Waals surface area contributed by atoms with Crippen LogP contribution in [0, 0.1) is 6.92 Å². The molecule has 0 fully saturated rings. The number of hydrogen-bond donors (Lipinski definition) is 1. The molecule has 0 saturated carbocycles. The predicted molar refractivity (Wildman–Crippen MR) is 96.5 cm³/mol. The molecule has 1 unspecified atom stereocenters. The summed E-state index contributed by atoms with van der Waals surface area (Å²) in [5.41, 5.74) is 2.44. The molecule has 2 aromatic carbocycles. The van der Waals surface area contributed by atoms with Gasteiger partial charge < -0.3 is 9.90 Å². The highest BCUT2D eigenvalue weighted by Gasteiger charge is 2.34. The molecular weight excluding hydrogens is 302 g/mol. The van der Waals surface area contributed by atoms with Gasteiger partial charge in [-0.3, -0.25) is 4.90 Å². The molecule has 2 aromatic rings. The Morgan fingerprint density at radius 2 is 1.92 bits per heavy atom. The molecule has 0 heterocycles. The lowest BCUT2D eigenvalue weighted by Gasteiger charge is -2.37. The van der Waals surface area contributed by atoms with Crippen molar-refractivity contribution >= 4 is 23.2 Å². The van der Waals surface area contributed by atoms with Gasteiger partial charge in [-0.25, -0.2) is 4.79 Å². The molecule has 0 bridgehead atoms. The molecule has 0 spiro atoms. The fourth-order valence-corrected chi connectivity index (χ4v) is 3.16. The summed E-state index contributed by atoms with van der Waals surface area (Å²) in [5, 5.41) is 11.7. The van der Waals surface area contributed by atoms with E-state index in [0.717, 1.165) is 17.2 Å². The molecule has 0 aliphatic heterocycles. The van der Waals surface area contributed by atoms with Crippen LogP contribution >= 0.6 is 0 Å². The van der Waals surface area contributed by atoms with E-state index in [1.165, 1.54) is 16.0 Å². The molecule has 0 aromatic heterocycles. The van der Waals surface area contributed by atoms with Crippen molar-refractivity contribution in [2.24, 2.45) is 0 Å². The summed E-state index contributed by atoms with van der Waals surface area (Å²) in [6, 6.07) is 9.20. The fourth-order valence-electron chi connectivity index (χ4n) is 3.16. The third-order valence-electron chi connectivity index (χ3n) is 4.33. The number of benzene rings is 2. The lowest BCUT2D eigenvalue weighted by molar-refractivity contribution is -0.113. The second-order valence-corrected chi connectivity index (χ2v) is 7.15. The molecule has 0 aliphatic rings. The van der Waals surface area contributed by atoms with E-state index in [2.05, 4.69) is 26.0 Å². The summed E-state index contributed by atoms with van der Waals surface area (Å²) >= 11 is 0. The molecule has 0 aliphatic carbocycles. The van der Waals surface area contributed by atoms with Gasteiger partial charge in [-0.05, 0) is 67.6 Å². The Hall–Kier alpha value is -2.36. The van der Waals surface area contributed by atoms with Crippen LogP contribution in [0.25, 0.3) is 10.8 Å². The van der Waals surface area contributed by atoms with E-state index in [1.54, 1.807) is 20.8 Å². The number of aldehydes is 1. The highest BCUT2D eigenvalue weighted by atomic mass is 16.4. The summed E-state index contributed by atoms with van der Waals surface area (Å²) in [6.45, 7) is 9.54. The van der Waals surface area contributed by atoms with Crippen LogP contribution in [0.1, 0.15) is 50.4 Å². The molecule has 1 amide bonds. The predicted octanol–water partition coefficient (Wildman–Crippen LogP) is 4.73. The first-order valence-electron chi connectivity index (χ1n) is 8.19. The van der Waals surface area contributed by atoms with Gasteiger partial charge >= 0.3 is 6.09 Å². The van der Waals surface area contributed by atoms with Gasteiger partial charge in [0.25, 0.3) is 0 Å². The van der Waals surface area contributed by atoms with Crippen molar-refractivity contribution in [2.45, 2.75) is 52.6 Å². The number of fused-ring (bicyclic) bond motifs is 1. The number of carbonyl (C=O) groups is 2.